The Morgan fingerprint density at radius 1 is 0.192 bits per heavy atom. The van der Waals surface area contributed by atoms with E-state index in [0.717, 1.165) is 0 Å². The summed E-state index contributed by atoms with van der Waals surface area (Å²) in [5.41, 5.74) is 12.4. The lowest BCUT2D eigenvalue weighted by Gasteiger charge is -2.19. The molecule has 10 aromatic rings. The molecule has 0 spiro atoms. The molecule has 10 aromatic carbocycles. The van der Waals surface area contributed by atoms with Crippen molar-refractivity contribution in [1.82, 2.24) is 0 Å². The van der Waals surface area contributed by atoms with Gasteiger partial charge in [0.15, 0.2) is 0 Å². The highest BCUT2D eigenvalue weighted by Crippen LogP contribution is 2.46. The van der Waals surface area contributed by atoms with Crippen LogP contribution in [-0.2, 0) is 0 Å². The molecule has 0 saturated heterocycles. The van der Waals surface area contributed by atoms with Gasteiger partial charge in [0, 0.05) is 0 Å². The minimum Gasteiger partial charge on any atom is -0.0622 e. The Bertz CT molecular complexity index is 2870. The first-order valence-electron chi connectivity index (χ1n) is 18.0. The van der Waals surface area contributed by atoms with E-state index in [1.165, 1.54) is 98.7 Å². The summed E-state index contributed by atoms with van der Waals surface area (Å²) in [4.78, 5) is 0. The molecule has 10 rings (SSSR count). The van der Waals surface area contributed by atoms with Gasteiger partial charge in [-0.1, -0.05) is 188 Å². The lowest BCUT2D eigenvalue weighted by molar-refractivity contribution is 1.57. The fourth-order valence-electron chi connectivity index (χ4n) is 8.21. The lowest BCUT2D eigenvalue weighted by atomic mass is 9.84. The van der Waals surface area contributed by atoms with Gasteiger partial charge in [0.2, 0.25) is 0 Å². The van der Waals surface area contributed by atoms with Gasteiger partial charge in [-0.05, 0) is 117 Å². The average molecular weight is 659 g/mol. The maximum atomic E-state index is 2.40. The van der Waals surface area contributed by atoms with Crippen molar-refractivity contribution in [3.05, 3.63) is 206 Å². The fraction of sp³-hybridized carbons (Fsp3) is 0. The highest BCUT2D eigenvalue weighted by molar-refractivity contribution is 6.23. The Kier molecular flexibility index (Phi) is 7.25. The van der Waals surface area contributed by atoms with E-state index in [0.29, 0.717) is 0 Å². The summed E-state index contributed by atoms with van der Waals surface area (Å²) in [6.07, 6.45) is 0. The molecule has 0 saturated carbocycles. The topological polar surface area (TPSA) is 0 Å². The zero-order valence-electron chi connectivity index (χ0n) is 28.6. The van der Waals surface area contributed by atoms with Crippen LogP contribution >= 0.6 is 0 Å². The summed E-state index contributed by atoms with van der Waals surface area (Å²) >= 11 is 0. The predicted molar refractivity (Wildman–Crippen MR) is 224 cm³/mol. The van der Waals surface area contributed by atoms with Crippen LogP contribution in [0.25, 0.3) is 98.7 Å². The number of benzene rings is 10. The maximum absolute atomic E-state index is 2.40. The van der Waals surface area contributed by atoms with Gasteiger partial charge in [0.05, 0.1) is 0 Å². The van der Waals surface area contributed by atoms with E-state index < -0.39 is 0 Å². The molecule has 0 heteroatoms. The molecule has 0 heterocycles. The standard InChI is InChI=1S/C52H34/c1-3-14-35(15-4-1)39-30-31-44(37-16-5-2-6-17-37)50(34-39)40-28-26-36-27-29-41(33-42(36)32-40)51-46-21-9-11-23-48(46)52(49-24-12-10-22-47(49)51)45-25-13-19-38-18-7-8-20-43(38)45/h1-34H. The smallest absolute Gasteiger partial charge is 0.00201 e. The number of hydrogen-bond donors (Lipinski definition) is 0. The highest BCUT2D eigenvalue weighted by Gasteiger charge is 2.18. The summed E-state index contributed by atoms with van der Waals surface area (Å²) in [5.74, 6) is 0. The monoisotopic (exact) mass is 658 g/mol. The van der Waals surface area contributed by atoms with Crippen molar-refractivity contribution in [2.75, 3.05) is 0 Å². The van der Waals surface area contributed by atoms with Crippen molar-refractivity contribution >= 4 is 43.1 Å². The molecule has 0 aliphatic heterocycles. The van der Waals surface area contributed by atoms with Gasteiger partial charge in [-0.25, -0.2) is 0 Å². The second-order valence-electron chi connectivity index (χ2n) is 13.6. The van der Waals surface area contributed by atoms with E-state index in [4.69, 9.17) is 0 Å². The normalized spacial score (nSPS) is 11.5. The third kappa shape index (κ3) is 5.08. The van der Waals surface area contributed by atoms with Crippen molar-refractivity contribution in [3.63, 3.8) is 0 Å². The first-order chi connectivity index (χ1) is 25.8. The zero-order chi connectivity index (χ0) is 34.4. The zero-order valence-corrected chi connectivity index (χ0v) is 28.6. The predicted octanol–water partition coefficient (Wildman–Crippen LogP) is 14.6. The first kappa shape index (κ1) is 30.1. The van der Waals surface area contributed by atoms with Crippen LogP contribution in [0, 0.1) is 0 Å². The summed E-state index contributed by atoms with van der Waals surface area (Å²) in [7, 11) is 0. The molecule has 0 atom stereocenters. The van der Waals surface area contributed by atoms with Crippen LogP contribution < -0.4 is 0 Å². The maximum Gasteiger partial charge on any atom is -0.00201 e. The minimum absolute atomic E-state index is 1.21. The van der Waals surface area contributed by atoms with Crippen molar-refractivity contribution in [2.24, 2.45) is 0 Å². The Hall–Kier alpha value is -6.76. The summed E-state index contributed by atoms with van der Waals surface area (Å²) in [6, 6.07) is 75.5. The van der Waals surface area contributed by atoms with Gasteiger partial charge in [-0.2, -0.15) is 0 Å². The molecule has 0 aromatic heterocycles. The molecule has 0 bridgehead atoms. The summed E-state index contributed by atoms with van der Waals surface area (Å²) in [6.45, 7) is 0. The minimum atomic E-state index is 1.21. The third-order valence-corrected chi connectivity index (χ3v) is 10.6. The Balaban J connectivity index is 1.19. The van der Waals surface area contributed by atoms with Crippen LogP contribution in [0.4, 0.5) is 0 Å². The average Bonchev–Trinajstić information content (AvgIpc) is 3.22. The quantitative estimate of drug-likeness (QED) is 0.161. The van der Waals surface area contributed by atoms with E-state index >= 15 is 0 Å². The highest BCUT2D eigenvalue weighted by atomic mass is 14.2. The second-order valence-corrected chi connectivity index (χ2v) is 13.6. The molecule has 52 heavy (non-hydrogen) atoms. The van der Waals surface area contributed by atoms with E-state index in [1.807, 2.05) is 0 Å². The van der Waals surface area contributed by atoms with E-state index in [1.54, 1.807) is 0 Å². The van der Waals surface area contributed by atoms with Gasteiger partial charge in [0.25, 0.3) is 0 Å². The first-order valence-corrected chi connectivity index (χ1v) is 18.0. The number of rotatable bonds is 5. The van der Waals surface area contributed by atoms with Gasteiger partial charge in [-0.3, -0.25) is 0 Å². The van der Waals surface area contributed by atoms with E-state index in [2.05, 4.69) is 206 Å². The van der Waals surface area contributed by atoms with Crippen molar-refractivity contribution in [2.45, 2.75) is 0 Å². The van der Waals surface area contributed by atoms with Gasteiger partial charge in [0.1, 0.15) is 0 Å². The molecule has 0 N–H and O–H groups in total. The Morgan fingerprint density at radius 3 is 1.40 bits per heavy atom. The number of fused-ring (bicyclic) bond motifs is 4. The SMILES string of the molecule is c1ccc(-c2ccc(-c3ccccc3)c(-c3ccc4ccc(-c5c6ccccc6c(-c6cccc7ccccc67)c6ccccc56)cc4c3)c2)cc1. The molecule has 242 valence electrons. The Labute approximate surface area is 303 Å². The second kappa shape index (κ2) is 12.5. The Morgan fingerprint density at radius 2 is 0.712 bits per heavy atom. The summed E-state index contributed by atoms with van der Waals surface area (Å²) in [5, 5.41) is 10.1. The van der Waals surface area contributed by atoms with Gasteiger partial charge in [-0.15, -0.1) is 0 Å². The number of hydrogen-bond acceptors (Lipinski definition) is 0. The van der Waals surface area contributed by atoms with Gasteiger partial charge < -0.3 is 0 Å². The molecule has 0 radical (unpaired) electrons. The van der Waals surface area contributed by atoms with Crippen LogP contribution in [0.5, 0.6) is 0 Å². The third-order valence-electron chi connectivity index (χ3n) is 10.6. The molecule has 0 nitrogen and oxygen atoms in total. The molecule has 0 aliphatic carbocycles. The molecule has 0 unspecified atom stereocenters. The van der Waals surface area contributed by atoms with Crippen LogP contribution in [0.1, 0.15) is 0 Å². The van der Waals surface area contributed by atoms with Crippen LogP contribution in [-0.4, -0.2) is 0 Å². The largest absolute Gasteiger partial charge is 0.0622 e. The van der Waals surface area contributed by atoms with Crippen LogP contribution in [0.15, 0.2) is 206 Å². The van der Waals surface area contributed by atoms with Crippen LogP contribution in [0.3, 0.4) is 0 Å². The van der Waals surface area contributed by atoms with E-state index in [9.17, 15) is 0 Å². The fourth-order valence-corrected chi connectivity index (χ4v) is 8.21. The van der Waals surface area contributed by atoms with Crippen molar-refractivity contribution in [1.29, 1.82) is 0 Å². The molecular formula is C52H34. The summed E-state index contributed by atoms with van der Waals surface area (Å²) < 4.78 is 0. The van der Waals surface area contributed by atoms with Gasteiger partial charge >= 0.3 is 0 Å². The molecule has 0 fully saturated rings. The molecule has 0 amide bonds. The van der Waals surface area contributed by atoms with Crippen molar-refractivity contribution in [3.8, 4) is 55.6 Å². The molecular weight excluding hydrogens is 625 g/mol. The lowest BCUT2D eigenvalue weighted by Crippen LogP contribution is -1.92. The molecule has 0 aliphatic rings. The van der Waals surface area contributed by atoms with Crippen LogP contribution in [0.2, 0.25) is 0 Å². The van der Waals surface area contributed by atoms with Crippen molar-refractivity contribution < 1.29 is 0 Å². The van der Waals surface area contributed by atoms with E-state index in [-0.39, 0.29) is 0 Å².